The van der Waals surface area contributed by atoms with E-state index >= 15 is 0 Å². The van der Waals surface area contributed by atoms with E-state index in [9.17, 15) is 5.11 Å². The van der Waals surface area contributed by atoms with Gasteiger partial charge in [0.1, 0.15) is 5.75 Å². The van der Waals surface area contributed by atoms with Crippen molar-refractivity contribution in [2.45, 2.75) is 26.9 Å². The first kappa shape index (κ1) is 16.5. The maximum absolute atomic E-state index is 10.8. The van der Waals surface area contributed by atoms with E-state index in [1.165, 1.54) is 0 Å². The first-order valence-electron chi connectivity index (χ1n) is 9.12. The highest BCUT2D eigenvalue weighted by molar-refractivity contribution is 5.79. The van der Waals surface area contributed by atoms with Crippen LogP contribution in [0.4, 0.5) is 11.4 Å². The highest BCUT2D eigenvalue weighted by atomic mass is 16.3. The second-order valence-corrected chi connectivity index (χ2v) is 6.62. The number of aromatic hydroxyl groups is 1. The number of hydrogen-bond acceptors (Lipinski definition) is 4. The van der Waals surface area contributed by atoms with Gasteiger partial charge in [0.05, 0.1) is 11.4 Å². The van der Waals surface area contributed by atoms with E-state index in [1.807, 2.05) is 35.9 Å². The van der Waals surface area contributed by atoms with Gasteiger partial charge in [-0.3, -0.25) is 0 Å². The number of phenols is 1. The van der Waals surface area contributed by atoms with Crippen LogP contribution in [0.25, 0.3) is 11.3 Å². The predicted octanol–water partition coefficient (Wildman–Crippen LogP) is 4.38. The summed E-state index contributed by atoms with van der Waals surface area (Å²) in [6, 6.07) is 16.2. The molecule has 0 saturated carbocycles. The summed E-state index contributed by atoms with van der Waals surface area (Å²) in [5.74, 6) is 0.283. The van der Waals surface area contributed by atoms with Gasteiger partial charge in [-0.25, -0.2) is 4.68 Å². The van der Waals surface area contributed by atoms with E-state index < -0.39 is 0 Å². The van der Waals surface area contributed by atoms with Gasteiger partial charge in [0, 0.05) is 41.7 Å². The van der Waals surface area contributed by atoms with Crippen LogP contribution in [0, 0.1) is 6.92 Å². The number of rotatable bonds is 4. The third-order valence-corrected chi connectivity index (χ3v) is 5.03. The first-order valence-corrected chi connectivity index (χ1v) is 9.12. The Morgan fingerprint density at radius 3 is 2.62 bits per heavy atom. The number of nitrogens with one attached hydrogen (secondary N) is 1. The molecule has 0 unspecified atom stereocenters. The highest BCUT2D eigenvalue weighted by Crippen LogP contribution is 2.41. The van der Waals surface area contributed by atoms with Gasteiger partial charge < -0.3 is 15.3 Å². The summed E-state index contributed by atoms with van der Waals surface area (Å²) < 4.78 is 1.96. The molecule has 5 nitrogen and oxygen atoms in total. The smallest absolute Gasteiger partial charge is 0.150 e. The average molecular weight is 348 g/mol. The lowest BCUT2D eigenvalue weighted by atomic mass is 10.0. The molecule has 2 N–H and O–H groups in total. The summed E-state index contributed by atoms with van der Waals surface area (Å²) in [5, 5.41) is 19.0. The van der Waals surface area contributed by atoms with Crippen LogP contribution in [-0.2, 0) is 0 Å². The summed E-state index contributed by atoms with van der Waals surface area (Å²) in [6.07, 6.45) is -0.237. The number of para-hydroxylation sites is 1. The number of aromatic nitrogens is 2. The molecule has 1 aliphatic rings. The molecule has 1 aliphatic heterocycles. The lowest BCUT2D eigenvalue weighted by molar-refractivity contribution is 0.452. The largest absolute Gasteiger partial charge is 0.507 e. The van der Waals surface area contributed by atoms with Crippen LogP contribution in [0.15, 0.2) is 48.5 Å². The fourth-order valence-electron chi connectivity index (χ4n) is 3.71. The van der Waals surface area contributed by atoms with Gasteiger partial charge in [-0.15, -0.1) is 0 Å². The molecule has 2 aromatic carbocycles. The molecular formula is C21H24N4O. The van der Waals surface area contributed by atoms with Crippen LogP contribution in [0.5, 0.6) is 5.75 Å². The van der Waals surface area contributed by atoms with Crippen LogP contribution in [0.2, 0.25) is 0 Å². The van der Waals surface area contributed by atoms with Crippen molar-refractivity contribution in [3.05, 3.63) is 59.8 Å². The molecule has 4 rings (SSSR count). The Morgan fingerprint density at radius 1 is 1.12 bits per heavy atom. The number of anilines is 2. The zero-order chi connectivity index (χ0) is 18.3. The number of phenolic OH excluding ortho intramolecular Hbond substituents is 1. The molecule has 1 aromatic heterocycles. The molecular weight excluding hydrogens is 324 g/mol. The third-order valence-electron chi connectivity index (χ3n) is 5.03. The zero-order valence-electron chi connectivity index (χ0n) is 15.4. The normalized spacial score (nSPS) is 15.1. The van der Waals surface area contributed by atoms with Crippen LogP contribution in [0.1, 0.15) is 31.3 Å². The van der Waals surface area contributed by atoms with E-state index in [1.54, 1.807) is 0 Å². The quantitative estimate of drug-likeness (QED) is 0.734. The second kappa shape index (κ2) is 6.41. The van der Waals surface area contributed by atoms with Crippen molar-refractivity contribution in [3.63, 3.8) is 0 Å². The molecule has 3 aromatic rings. The molecule has 0 radical (unpaired) electrons. The molecule has 2 heterocycles. The summed E-state index contributed by atoms with van der Waals surface area (Å²) in [4.78, 5) is 2.22. The lowest BCUT2D eigenvalue weighted by Crippen LogP contribution is -2.26. The van der Waals surface area contributed by atoms with Crippen molar-refractivity contribution in [2.75, 3.05) is 23.3 Å². The van der Waals surface area contributed by atoms with E-state index in [2.05, 4.69) is 53.4 Å². The number of nitrogens with zero attached hydrogens (tertiary/aromatic N) is 3. The van der Waals surface area contributed by atoms with Crippen molar-refractivity contribution in [1.29, 1.82) is 0 Å². The van der Waals surface area contributed by atoms with E-state index in [0.29, 0.717) is 0 Å². The van der Waals surface area contributed by atoms with Crippen LogP contribution in [-0.4, -0.2) is 28.0 Å². The van der Waals surface area contributed by atoms with E-state index in [-0.39, 0.29) is 11.9 Å². The highest BCUT2D eigenvalue weighted by Gasteiger charge is 2.28. The zero-order valence-corrected chi connectivity index (χ0v) is 15.4. The fourth-order valence-corrected chi connectivity index (χ4v) is 3.71. The lowest BCUT2D eigenvalue weighted by Gasteiger charge is -2.30. The Bertz CT molecular complexity index is 943. The SMILES string of the molecule is CCN(CC)c1ccc([C@H]2Nc3ccccc3-c3cc(C)nn32)c(O)c1. The molecule has 0 saturated heterocycles. The monoisotopic (exact) mass is 348 g/mol. The van der Waals surface area contributed by atoms with Gasteiger partial charge in [-0.05, 0) is 45.0 Å². The van der Waals surface area contributed by atoms with Crippen LogP contribution in [0.3, 0.4) is 0 Å². The van der Waals surface area contributed by atoms with Gasteiger partial charge >= 0.3 is 0 Å². The molecule has 1 atom stereocenters. The second-order valence-electron chi connectivity index (χ2n) is 6.62. The van der Waals surface area contributed by atoms with Gasteiger partial charge in [0.2, 0.25) is 0 Å². The predicted molar refractivity (Wildman–Crippen MR) is 106 cm³/mol. The average Bonchev–Trinajstić information content (AvgIpc) is 3.04. The third kappa shape index (κ3) is 2.60. The molecule has 5 heteroatoms. The number of aryl methyl sites for hydroxylation is 1. The van der Waals surface area contributed by atoms with Gasteiger partial charge in [-0.1, -0.05) is 18.2 Å². The van der Waals surface area contributed by atoms with Gasteiger partial charge in [0.15, 0.2) is 6.17 Å². The Hall–Kier alpha value is -2.95. The number of fused-ring (bicyclic) bond motifs is 3. The molecule has 26 heavy (non-hydrogen) atoms. The molecule has 0 aliphatic carbocycles. The summed E-state index contributed by atoms with van der Waals surface area (Å²) in [6.45, 7) is 8.05. The Morgan fingerprint density at radius 2 is 1.88 bits per heavy atom. The molecule has 0 spiro atoms. The number of hydrogen-bond donors (Lipinski definition) is 2. The maximum Gasteiger partial charge on any atom is 0.150 e. The summed E-state index contributed by atoms with van der Waals surface area (Å²) in [5.41, 5.74) is 6.06. The fraction of sp³-hybridized carbons (Fsp3) is 0.286. The van der Waals surface area contributed by atoms with Crippen molar-refractivity contribution >= 4 is 11.4 Å². The summed E-state index contributed by atoms with van der Waals surface area (Å²) in [7, 11) is 0. The molecule has 0 amide bonds. The van der Waals surface area contributed by atoms with Gasteiger partial charge in [0.25, 0.3) is 0 Å². The van der Waals surface area contributed by atoms with Crippen molar-refractivity contribution in [1.82, 2.24) is 9.78 Å². The Balaban J connectivity index is 1.79. The molecule has 0 bridgehead atoms. The minimum absolute atomic E-state index is 0.237. The Labute approximate surface area is 153 Å². The van der Waals surface area contributed by atoms with Gasteiger partial charge in [-0.2, -0.15) is 5.10 Å². The van der Waals surface area contributed by atoms with E-state index in [4.69, 9.17) is 0 Å². The minimum Gasteiger partial charge on any atom is -0.507 e. The number of benzene rings is 2. The van der Waals surface area contributed by atoms with Crippen LogP contribution < -0.4 is 10.2 Å². The van der Waals surface area contributed by atoms with Crippen molar-refractivity contribution < 1.29 is 5.11 Å². The van der Waals surface area contributed by atoms with Crippen molar-refractivity contribution in [2.24, 2.45) is 0 Å². The van der Waals surface area contributed by atoms with E-state index in [0.717, 1.165) is 47.0 Å². The Kier molecular flexibility index (Phi) is 4.07. The van der Waals surface area contributed by atoms with Crippen molar-refractivity contribution in [3.8, 4) is 17.0 Å². The molecule has 0 fully saturated rings. The van der Waals surface area contributed by atoms with Crippen LogP contribution >= 0.6 is 0 Å². The standard InChI is InChI=1S/C21H24N4O/c1-4-24(5-2)15-10-11-17(20(26)13-15)21-22-18-9-7-6-8-16(18)19-12-14(3)23-25(19)21/h6-13,21-22,26H,4-5H2,1-3H3/t21-/m0/s1. The molecule has 134 valence electrons. The first-order chi connectivity index (χ1) is 12.6. The maximum atomic E-state index is 10.8. The topological polar surface area (TPSA) is 53.3 Å². The minimum atomic E-state index is -0.237. The summed E-state index contributed by atoms with van der Waals surface area (Å²) >= 11 is 0.